The highest BCUT2D eigenvalue weighted by atomic mass is 19.4. The third-order valence-corrected chi connectivity index (χ3v) is 4.83. The molecule has 140 valence electrons. The summed E-state index contributed by atoms with van der Waals surface area (Å²) in [5.41, 5.74) is -0.898. The van der Waals surface area contributed by atoms with Gasteiger partial charge in [0.2, 0.25) is 0 Å². The van der Waals surface area contributed by atoms with Crippen LogP contribution in [0.25, 0.3) is 0 Å². The largest absolute Gasteiger partial charge is 0.433 e. The first-order valence-electron chi connectivity index (χ1n) is 8.30. The Kier molecular flexibility index (Phi) is 5.19. The van der Waals surface area contributed by atoms with E-state index in [0.29, 0.717) is 25.5 Å². The number of alkyl halides is 3. The third kappa shape index (κ3) is 4.22. The average molecular weight is 361 g/mol. The molecule has 9 heteroatoms. The van der Waals surface area contributed by atoms with E-state index in [9.17, 15) is 28.5 Å². The van der Waals surface area contributed by atoms with Crippen LogP contribution in [0, 0.1) is 5.92 Å². The number of anilines is 1. The molecular weight excluding hydrogens is 339 g/mol. The molecule has 2 fully saturated rings. The van der Waals surface area contributed by atoms with Gasteiger partial charge in [-0.15, -0.1) is 0 Å². The van der Waals surface area contributed by atoms with Crippen LogP contribution in [0.5, 0.6) is 0 Å². The Morgan fingerprint density at radius 1 is 1.08 bits per heavy atom. The molecule has 3 heterocycles. The van der Waals surface area contributed by atoms with Gasteiger partial charge in [-0.2, -0.15) is 13.2 Å². The molecule has 1 unspecified atom stereocenters. The van der Waals surface area contributed by atoms with E-state index in [1.165, 1.54) is 6.07 Å². The van der Waals surface area contributed by atoms with Crippen LogP contribution in [0.1, 0.15) is 12.1 Å². The van der Waals surface area contributed by atoms with Crippen molar-refractivity contribution in [2.75, 3.05) is 37.6 Å². The maximum atomic E-state index is 12.8. The number of hydrogen-bond acceptors (Lipinski definition) is 6. The molecule has 3 rings (SSSR count). The molecule has 2 aliphatic heterocycles. The molecule has 2 aliphatic rings. The lowest BCUT2D eigenvalue weighted by Gasteiger charge is -2.38. The van der Waals surface area contributed by atoms with E-state index >= 15 is 0 Å². The quantitative estimate of drug-likeness (QED) is 0.720. The van der Waals surface area contributed by atoms with Crippen LogP contribution in [-0.4, -0.2) is 76.2 Å². The molecule has 25 heavy (non-hydrogen) atoms. The summed E-state index contributed by atoms with van der Waals surface area (Å²) in [6, 6.07) is 3.89. The monoisotopic (exact) mass is 361 g/mol. The van der Waals surface area contributed by atoms with Crippen molar-refractivity contribution < 1.29 is 28.5 Å². The predicted molar refractivity (Wildman–Crippen MR) is 84.0 cm³/mol. The van der Waals surface area contributed by atoms with Crippen LogP contribution in [0.4, 0.5) is 19.0 Å². The third-order valence-electron chi connectivity index (χ3n) is 4.83. The van der Waals surface area contributed by atoms with Gasteiger partial charge < -0.3 is 20.2 Å². The number of likely N-dealkylation sites (tertiary alicyclic amines) is 1. The molecule has 0 amide bonds. The van der Waals surface area contributed by atoms with E-state index in [-0.39, 0.29) is 19.0 Å². The fourth-order valence-electron chi connectivity index (χ4n) is 3.54. The molecule has 0 bridgehead atoms. The van der Waals surface area contributed by atoms with Gasteiger partial charge >= 0.3 is 6.18 Å². The van der Waals surface area contributed by atoms with Crippen molar-refractivity contribution in [2.24, 2.45) is 5.92 Å². The molecule has 1 aromatic rings. The zero-order chi connectivity index (χ0) is 18.2. The number of hydrogen-bond donors (Lipinski definition) is 3. The number of halogens is 3. The smallest absolute Gasteiger partial charge is 0.389 e. The van der Waals surface area contributed by atoms with E-state index in [0.717, 1.165) is 12.5 Å². The van der Waals surface area contributed by atoms with Crippen molar-refractivity contribution in [3.05, 3.63) is 23.9 Å². The van der Waals surface area contributed by atoms with Gasteiger partial charge in [-0.25, -0.2) is 4.98 Å². The molecular formula is C16H22F3N3O3. The number of piperidine rings is 1. The summed E-state index contributed by atoms with van der Waals surface area (Å²) < 4.78 is 38.4. The molecule has 0 radical (unpaired) electrons. The first-order valence-corrected chi connectivity index (χ1v) is 8.30. The van der Waals surface area contributed by atoms with Gasteiger partial charge in [-0.1, -0.05) is 6.07 Å². The van der Waals surface area contributed by atoms with Crippen LogP contribution in [0.2, 0.25) is 0 Å². The van der Waals surface area contributed by atoms with Gasteiger partial charge in [0.05, 0.1) is 12.2 Å². The Bertz CT molecular complexity index is 589. The lowest BCUT2D eigenvalue weighted by atomic mass is 10.00. The fraction of sp³-hybridized carbons (Fsp3) is 0.688. The lowest BCUT2D eigenvalue weighted by molar-refractivity contribution is -0.141. The first kappa shape index (κ1) is 18.4. The Hall–Kier alpha value is -1.42. The molecule has 1 aromatic heterocycles. The van der Waals surface area contributed by atoms with E-state index in [4.69, 9.17) is 0 Å². The molecule has 3 N–H and O–H groups in total. The van der Waals surface area contributed by atoms with Crippen molar-refractivity contribution in [1.82, 2.24) is 9.88 Å². The maximum absolute atomic E-state index is 12.8. The molecule has 0 saturated carbocycles. The second-order valence-corrected chi connectivity index (χ2v) is 6.82. The first-order chi connectivity index (χ1) is 11.7. The highest BCUT2D eigenvalue weighted by molar-refractivity contribution is 5.41. The summed E-state index contributed by atoms with van der Waals surface area (Å²) in [6.45, 7) is 2.34. The summed E-state index contributed by atoms with van der Waals surface area (Å²) >= 11 is 0. The SMILES string of the molecule is OC1[C@H](O)CN(C[C@H]2CCN(c3cccc(C(F)(F)F)n3)C2)C[C@@H]1O. The van der Waals surface area contributed by atoms with Crippen molar-refractivity contribution in [2.45, 2.75) is 30.9 Å². The van der Waals surface area contributed by atoms with Crippen LogP contribution >= 0.6 is 0 Å². The molecule has 0 aliphatic carbocycles. The van der Waals surface area contributed by atoms with Gasteiger partial charge in [0.25, 0.3) is 0 Å². The van der Waals surface area contributed by atoms with Gasteiger partial charge in [0.1, 0.15) is 17.6 Å². The van der Waals surface area contributed by atoms with E-state index in [1.807, 2.05) is 9.80 Å². The highest BCUT2D eigenvalue weighted by Crippen LogP contribution is 2.30. The second-order valence-electron chi connectivity index (χ2n) is 6.82. The number of aliphatic hydroxyl groups excluding tert-OH is 3. The van der Waals surface area contributed by atoms with Gasteiger partial charge in [0.15, 0.2) is 0 Å². The Labute approximate surface area is 143 Å². The lowest BCUT2D eigenvalue weighted by Crippen LogP contribution is -2.56. The van der Waals surface area contributed by atoms with Crippen LogP contribution < -0.4 is 4.90 Å². The van der Waals surface area contributed by atoms with Crippen molar-refractivity contribution in [1.29, 1.82) is 0 Å². The van der Waals surface area contributed by atoms with Crippen molar-refractivity contribution in [3.63, 3.8) is 0 Å². The number of aliphatic hydroxyl groups is 3. The standard InChI is InChI=1S/C16H22F3N3O3/c17-16(18,19)13-2-1-3-14(20-13)22-5-4-10(7-22)6-21-8-11(23)15(25)12(24)9-21/h1-3,10-12,15,23-25H,4-9H2/t10-,11-,12+,15?/m1/s1. The van der Waals surface area contributed by atoms with Crippen LogP contribution in [0.15, 0.2) is 18.2 Å². The summed E-state index contributed by atoms with van der Waals surface area (Å²) in [6.07, 6.45) is -6.79. The van der Waals surface area contributed by atoms with E-state index in [2.05, 4.69) is 4.98 Å². The summed E-state index contributed by atoms with van der Waals surface area (Å²) in [5.74, 6) is 0.512. The van der Waals surface area contributed by atoms with Crippen molar-refractivity contribution >= 4 is 5.82 Å². The average Bonchev–Trinajstić information content (AvgIpc) is 3.00. The Balaban J connectivity index is 1.59. The molecule has 0 spiro atoms. The van der Waals surface area contributed by atoms with Gasteiger partial charge in [-0.05, 0) is 24.5 Å². The Morgan fingerprint density at radius 2 is 1.76 bits per heavy atom. The van der Waals surface area contributed by atoms with Gasteiger partial charge in [-0.3, -0.25) is 4.90 Å². The summed E-state index contributed by atoms with van der Waals surface area (Å²) in [4.78, 5) is 7.43. The molecule has 4 atom stereocenters. The van der Waals surface area contributed by atoms with Crippen molar-refractivity contribution in [3.8, 4) is 0 Å². The minimum atomic E-state index is -4.46. The minimum absolute atomic E-state index is 0.200. The topological polar surface area (TPSA) is 80.1 Å². The van der Waals surface area contributed by atoms with E-state index < -0.39 is 30.2 Å². The zero-order valence-corrected chi connectivity index (χ0v) is 13.6. The maximum Gasteiger partial charge on any atom is 0.433 e. The number of rotatable bonds is 3. The highest BCUT2D eigenvalue weighted by Gasteiger charge is 2.36. The van der Waals surface area contributed by atoms with Crippen LogP contribution in [-0.2, 0) is 6.18 Å². The zero-order valence-electron chi connectivity index (χ0n) is 13.6. The van der Waals surface area contributed by atoms with E-state index in [1.54, 1.807) is 6.07 Å². The number of pyridine rings is 1. The number of aromatic nitrogens is 1. The fourth-order valence-corrected chi connectivity index (χ4v) is 3.54. The molecule has 0 aromatic carbocycles. The summed E-state index contributed by atoms with van der Waals surface area (Å²) in [7, 11) is 0. The summed E-state index contributed by atoms with van der Waals surface area (Å²) in [5, 5.41) is 29.1. The minimum Gasteiger partial charge on any atom is -0.389 e. The van der Waals surface area contributed by atoms with Gasteiger partial charge in [0, 0.05) is 32.7 Å². The number of β-amino-alcohol motifs (C(OH)–C–C–N with tert-alkyl or cyclic N) is 2. The Morgan fingerprint density at radius 3 is 2.40 bits per heavy atom. The number of nitrogens with zero attached hydrogens (tertiary/aromatic N) is 3. The molecule has 6 nitrogen and oxygen atoms in total. The van der Waals surface area contributed by atoms with Crippen LogP contribution in [0.3, 0.4) is 0 Å². The molecule has 2 saturated heterocycles. The second kappa shape index (κ2) is 7.06. The predicted octanol–water partition coefficient (Wildman–Crippen LogP) is 0.325. The normalized spacial score (nSPS) is 31.5.